The van der Waals surface area contributed by atoms with E-state index in [9.17, 15) is 18.3 Å². The highest BCUT2D eigenvalue weighted by atomic mass is 35.5. The summed E-state index contributed by atoms with van der Waals surface area (Å²) in [6, 6.07) is 17.9. The number of hydrogen-bond donors (Lipinski definition) is 1. The molecule has 1 heterocycles. The molecule has 4 nitrogen and oxygen atoms in total. The van der Waals surface area contributed by atoms with Crippen LogP contribution in [-0.2, 0) is 26.4 Å². The van der Waals surface area contributed by atoms with E-state index in [2.05, 4.69) is 4.99 Å². The van der Waals surface area contributed by atoms with E-state index in [4.69, 9.17) is 11.6 Å². The van der Waals surface area contributed by atoms with Crippen LogP contribution in [0.3, 0.4) is 0 Å². The Bertz CT molecular complexity index is 1290. The number of nitrogens with zero attached hydrogens (tertiary/aromatic N) is 3. The van der Waals surface area contributed by atoms with Gasteiger partial charge in [0.05, 0.1) is 35.4 Å². The van der Waals surface area contributed by atoms with Crippen LogP contribution in [-0.4, -0.2) is 14.2 Å². The van der Waals surface area contributed by atoms with Gasteiger partial charge in [0.2, 0.25) is 5.62 Å². The van der Waals surface area contributed by atoms with E-state index in [0.717, 1.165) is 23.3 Å². The number of aliphatic hydroxyl groups excluding tert-OH is 1. The third-order valence-corrected chi connectivity index (χ3v) is 5.35. The summed E-state index contributed by atoms with van der Waals surface area (Å²) in [4.78, 5) is 4.69. The van der Waals surface area contributed by atoms with Gasteiger partial charge in [-0.2, -0.15) is 13.2 Å². The van der Waals surface area contributed by atoms with E-state index in [0.29, 0.717) is 33.9 Å². The zero-order valence-electron chi connectivity index (χ0n) is 16.6. The zero-order valence-corrected chi connectivity index (χ0v) is 17.3. The van der Waals surface area contributed by atoms with Crippen LogP contribution in [0.5, 0.6) is 0 Å². The summed E-state index contributed by atoms with van der Waals surface area (Å²) in [7, 11) is 1.77. The molecule has 0 aliphatic carbocycles. The van der Waals surface area contributed by atoms with Crippen LogP contribution in [0.25, 0.3) is 11.0 Å². The van der Waals surface area contributed by atoms with Crippen molar-refractivity contribution in [2.45, 2.75) is 19.3 Å². The van der Waals surface area contributed by atoms with Crippen molar-refractivity contribution in [3.05, 3.63) is 94.1 Å². The van der Waals surface area contributed by atoms with Gasteiger partial charge in [-0.3, -0.25) is 0 Å². The molecule has 0 amide bonds. The molecule has 0 saturated heterocycles. The third-order valence-electron chi connectivity index (χ3n) is 5.10. The molecule has 0 unspecified atom stereocenters. The maximum Gasteiger partial charge on any atom is 0.416 e. The van der Waals surface area contributed by atoms with Crippen LogP contribution in [0.4, 0.5) is 18.9 Å². The first kappa shape index (κ1) is 21.2. The predicted octanol–water partition coefficient (Wildman–Crippen LogP) is 5.43. The number of aliphatic hydroxyl groups is 1. The second-order valence-corrected chi connectivity index (χ2v) is 7.65. The lowest BCUT2D eigenvalue weighted by Gasteiger charge is -2.09. The second kappa shape index (κ2) is 8.24. The van der Waals surface area contributed by atoms with Crippen molar-refractivity contribution in [2.24, 2.45) is 12.0 Å². The Hall–Kier alpha value is -3.03. The van der Waals surface area contributed by atoms with E-state index < -0.39 is 11.7 Å². The van der Waals surface area contributed by atoms with Gasteiger partial charge in [-0.05, 0) is 53.6 Å². The fraction of sp³-hybridized carbons (Fsp3) is 0.174. The molecule has 0 radical (unpaired) electrons. The molecule has 0 saturated carbocycles. The fourth-order valence-electron chi connectivity index (χ4n) is 3.45. The van der Waals surface area contributed by atoms with Crippen LogP contribution in [0.2, 0.25) is 5.02 Å². The lowest BCUT2D eigenvalue weighted by Crippen LogP contribution is -2.24. The topological polar surface area (TPSA) is 42.5 Å². The van der Waals surface area contributed by atoms with E-state index >= 15 is 0 Å². The quantitative estimate of drug-likeness (QED) is 0.447. The normalized spacial score (nSPS) is 12.6. The molecule has 160 valence electrons. The summed E-state index contributed by atoms with van der Waals surface area (Å²) in [6.07, 6.45) is -4.45. The number of fused-ring (bicyclic) bond motifs is 1. The van der Waals surface area contributed by atoms with Gasteiger partial charge in [-0.1, -0.05) is 35.9 Å². The van der Waals surface area contributed by atoms with Gasteiger partial charge >= 0.3 is 6.18 Å². The monoisotopic (exact) mass is 445 g/mol. The van der Waals surface area contributed by atoms with Gasteiger partial charge in [-0.25, -0.2) is 4.99 Å². The Labute approximate surface area is 181 Å². The maximum atomic E-state index is 13.4. The summed E-state index contributed by atoms with van der Waals surface area (Å²) in [5.74, 6) is 0. The van der Waals surface area contributed by atoms with Crippen LogP contribution in [0, 0.1) is 0 Å². The molecule has 0 spiro atoms. The third kappa shape index (κ3) is 4.38. The van der Waals surface area contributed by atoms with Crippen LogP contribution < -0.4 is 5.62 Å². The summed E-state index contributed by atoms with van der Waals surface area (Å²) in [5, 5.41) is 9.83. The van der Waals surface area contributed by atoms with Gasteiger partial charge < -0.3 is 14.2 Å². The molecule has 31 heavy (non-hydrogen) atoms. The van der Waals surface area contributed by atoms with E-state index in [1.165, 1.54) is 6.07 Å². The summed E-state index contributed by atoms with van der Waals surface area (Å²) in [5.41, 5.74) is 3.12. The van der Waals surface area contributed by atoms with E-state index in [1.54, 1.807) is 52.6 Å². The predicted molar refractivity (Wildman–Crippen MR) is 114 cm³/mol. The van der Waals surface area contributed by atoms with Crippen LogP contribution in [0.1, 0.15) is 16.7 Å². The first-order valence-electron chi connectivity index (χ1n) is 9.52. The molecule has 0 aliphatic rings. The Morgan fingerprint density at radius 1 is 0.903 bits per heavy atom. The zero-order chi connectivity index (χ0) is 22.2. The van der Waals surface area contributed by atoms with Gasteiger partial charge in [-0.15, -0.1) is 0 Å². The number of aromatic nitrogens is 2. The van der Waals surface area contributed by atoms with Gasteiger partial charge in [0.15, 0.2) is 0 Å². The van der Waals surface area contributed by atoms with Crippen molar-refractivity contribution in [1.29, 1.82) is 0 Å². The molecule has 1 N–H and O–H groups in total. The Morgan fingerprint density at radius 2 is 1.55 bits per heavy atom. The second-order valence-electron chi connectivity index (χ2n) is 7.21. The van der Waals surface area contributed by atoms with Gasteiger partial charge in [0, 0.05) is 12.1 Å². The van der Waals surface area contributed by atoms with E-state index in [-0.39, 0.29) is 6.61 Å². The number of hydrogen-bond acceptors (Lipinski definition) is 2. The molecular weight excluding hydrogens is 427 g/mol. The van der Waals surface area contributed by atoms with Crippen molar-refractivity contribution in [2.75, 3.05) is 0 Å². The molecule has 1 aromatic heterocycles. The lowest BCUT2D eigenvalue weighted by molar-refractivity contribution is -0.137. The molecule has 0 aliphatic heterocycles. The SMILES string of the molecule is Cn1/c(=N/c2ccc(Cl)cc2)n(Cc2ccc(CO)cc2)c2cc(C(F)(F)F)ccc21. The number of rotatable bonds is 4. The number of aryl methyl sites for hydroxylation is 1. The molecular formula is C23H19ClF3N3O. The van der Waals surface area contributed by atoms with Crippen molar-refractivity contribution < 1.29 is 18.3 Å². The molecule has 0 fully saturated rings. The highest BCUT2D eigenvalue weighted by molar-refractivity contribution is 6.30. The highest BCUT2D eigenvalue weighted by Gasteiger charge is 2.31. The highest BCUT2D eigenvalue weighted by Crippen LogP contribution is 2.31. The Balaban J connectivity index is 1.94. The van der Waals surface area contributed by atoms with Crippen molar-refractivity contribution in [1.82, 2.24) is 9.13 Å². The van der Waals surface area contributed by atoms with Crippen LogP contribution in [0.15, 0.2) is 71.7 Å². The summed E-state index contributed by atoms with van der Waals surface area (Å²) >= 11 is 5.96. The Kier molecular flexibility index (Phi) is 5.64. The summed E-state index contributed by atoms with van der Waals surface area (Å²) < 4.78 is 43.6. The first-order valence-corrected chi connectivity index (χ1v) is 9.89. The minimum Gasteiger partial charge on any atom is -0.392 e. The van der Waals surface area contributed by atoms with Crippen molar-refractivity contribution in [3.63, 3.8) is 0 Å². The number of benzene rings is 3. The summed E-state index contributed by atoms with van der Waals surface area (Å²) in [6.45, 7) is 0.241. The number of imidazole rings is 1. The molecule has 0 atom stereocenters. The Morgan fingerprint density at radius 3 is 2.16 bits per heavy atom. The van der Waals surface area contributed by atoms with E-state index in [1.807, 2.05) is 12.1 Å². The van der Waals surface area contributed by atoms with Crippen molar-refractivity contribution >= 4 is 28.3 Å². The number of alkyl halides is 3. The molecule has 3 aromatic carbocycles. The molecule has 4 rings (SSSR count). The fourth-order valence-corrected chi connectivity index (χ4v) is 3.58. The molecule has 0 bridgehead atoms. The van der Waals surface area contributed by atoms with Gasteiger partial charge in [0.1, 0.15) is 0 Å². The number of halogens is 4. The minimum atomic E-state index is -4.45. The first-order chi connectivity index (χ1) is 14.8. The van der Waals surface area contributed by atoms with Crippen molar-refractivity contribution in [3.8, 4) is 0 Å². The smallest absolute Gasteiger partial charge is 0.392 e. The average molecular weight is 446 g/mol. The molecule has 8 heteroatoms. The largest absolute Gasteiger partial charge is 0.416 e. The molecule has 4 aromatic rings. The maximum absolute atomic E-state index is 13.4. The standard InChI is InChI=1S/C23H19ClF3N3O/c1-29-20-11-6-17(23(25,26)27)12-21(20)30(13-15-2-4-16(14-31)5-3-15)22(29)28-19-9-7-18(24)8-10-19/h2-12,31H,13-14H2,1H3/b28-22-. The van der Waals surface area contributed by atoms with Crippen LogP contribution >= 0.6 is 11.6 Å². The lowest BCUT2D eigenvalue weighted by atomic mass is 10.1. The average Bonchev–Trinajstić information content (AvgIpc) is 3.00. The van der Waals surface area contributed by atoms with Gasteiger partial charge in [0.25, 0.3) is 0 Å². The minimum absolute atomic E-state index is 0.0756.